The molecule has 0 aliphatic rings. The molecule has 1 atom stereocenters. The first-order chi connectivity index (χ1) is 24.6. The molecule has 0 spiro atoms. The smallest absolute Gasteiger partial charge is 0.411 e. The number of carbonyl (C=O) groups is 2. The van der Waals surface area contributed by atoms with Crippen LogP contribution in [-0.4, -0.2) is 32.8 Å². The van der Waals surface area contributed by atoms with Crippen LogP contribution in [0.3, 0.4) is 0 Å². The van der Waals surface area contributed by atoms with Gasteiger partial charge in [-0.1, -0.05) is 95.1 Å². The minimum atomic E-state index is -0.964. The third-order valence-corrected chi connectivity index (χ3v) is 8.90. The van der Waals surface area contributed by atoms with Crippen LogP contribution in [0.2, 0.25) is 0 Å². The van der Waals surface area contributed by atoms with E-state index in [2.05, 4.69) is 25.2 Å². The summed E-state index contributed by atoms with van der Waals surface area (Å²) in [6, 6.07) is 27.8. The second-order valence-electron chi connectivity index (χ2n) is 13.2. The summed E-state index contributed by atoms with van der Waals surface area (Å²) in [6.07, 6.45) is 3.95. The molecule has 0 fully saturated rings. The number of hydrogen-bond acceptors (Lipinski definition) is 6. The third-order valence-electron chi connectivity index (χ3n) is 8.90. The second-order valence-corrected chi connectivity index (χ2v) is 13.2. The Hall–Kier alpha value is -5.44. The molecule has 9 nitrogen and oxygen atoms in total. The number of aromatic nitrogens is 2. The Bertz CT molecular complexity index is 2000. The van der Waals surface area contributed by atoms with Crippen molar-refractivity contribution < 1.29 is 24.2 Å². The number of carbonyl (C=O) groups excluding carboxylic acids is 1. The fourth-order valence-corrected chi connectivity index (χ4v) is 6.00. The monoisotopic (exact) mass is 689 g/mol. The number of aromatic carboxylic acids is 1. The quantitative estimate of drug-likeness (QED) is 0.106. The Morgan fingerprint density at radius 1 is 0.863 bits per heavy atom. The standard InChI is InChI=1S/C42H47N3O6/c1-5-7-14-39-44-36-21-20-34(43-42(49)51-38(28(3)4)24-29-12-9-8-10-13-29)25-35(36)40(46)45(39)26-31-17-22-37(33(23-31)11-6-2)50-27-30-15-18-32(19-16-30)41(47)48/h8-10,12-13,15-23,25,28,38H,5-7,11,14,24,26-27H2,1-4H3,(H,43,49)(H,47,48). The van der Waals surface area contributed by atoms with E-state index in [4.69, 9.17) is 14.5 Å². The van der Waals surface area contributed by atoms with Crippen molar-refractivity contribution >= 4 is 28.7 Å². The summed E-state index contributed by atoms with van der Waals surface area (Å²) in [5.41, 5.74) is 5.05. The summed E-state index contributed by atoms with van der Waals surface area (Å²) in [5.74, 6) is 0.622. The number of fused-ring (bicyclic) bond motifs is 1. The maximum Gasteiger partial charge on any atom is 0.411 e. The van der Waals surface area contributed by atoms with Gasteiger partial charge >= 0.3 is 12.1 Å². The Labute approximate surface area is 299 Å². The lowest BCUT2D eigenvalue weighted by Crippen LogP contribution is -2.29. The summed E-state index contributed by atoms with van der Waals surface area (Å²) in [4.78, 5) is 43.3. The van der Waals surface area contributed by atoms with Gasteiger partial charge in [0, 0.05) is 18.5 Å². The number of nitrogens with zero attached hydrogens (tertiary/aromatic N) is 2. The first-order valence-corrected chi connectivity index (χ1v) is 17.8. The Morgan fingerprint density at radius 3 is 2.29 bits per heavy atom. The number of unbranched alkanes of at least 4 members (excludes halogenated alkanes) is 1. The van der Waals surface area contributed by atoms with Gasteiger partial charge in [-0.25, -0.2) is 14.6 Å². The Balaban J connectivity index is 1.37. The van der Waals surface area contributed by atoms with Gasteiger partial charge in [-0.05, 0) is 77.4 Å². The molecule has 0 saturated heterocycles. The molecule has 1 unspecified atom stereocenters. The van der Waals surface area contributed by atoms with Crippen LogP contribution in [-0.2, 0) is 37.2 Å². The molecule has 0 aliphatic carbocycles. The Morgan fingerprint density at radius 2 is 1.61 bits per heavy atom. The zero-order valence-corrected chi connectivity index (χ0v) is 29.9. The highest BCUT2D eigenvalue weighted by atomic mass is 16.6. The van der Waals surface area contributed by atoms with E-state index in [1.54, 1.807) is 47.0 Å². The van der Waals surface area contributed by atoms with Crippen LogP contribution in [0.5, 0.6) is 5.75 Å². The van der Waals surface area contributed by atoms with Crippen molar-refractivity contribution in [2.24, 2.45) is 5.92 Å². The van der Waals surface area contributed by atoms with E-state index in [9.17, 15) is 19.5 Å². The van der Waals surface area contributed by atoms with Gasteiger partial charge in [-0.15, -0.1) is 0 Å². The number of amides is 1. The van der Waals surface area contributed by atoms with Crippen LogP contribution in [0.15, 0.2) is 95.8 Å². The van der Waals surface area contributed by atoms with Crippen molar-refractivity contribution in [2.45, 2.75) is 85.5 Å². The highest BCUT2D eigenvalue weighted by molar-refractivity contribution is 5.89. The highest BCUT2D eigenvalue weighted by Gasteiger charge is 2.20. The fraction of sp³-hybridized carbons (Fsp3) is 0.333. The molecule has 5 aromatic rings. The lowest BCUT2D eigenvalue weighted by molar-refractivity contribution is 0.0696. The molecule has 4 aromatic carbocycles. The van der Waals surface area contributed by atoms with Crippen molar-refractivity contribution in [3.05, 3.63) is 135 Å². The van der Waals surface area contributed by atoms with Crippen LogP contribution >= 0.6 is 0 Å². The van der Waals surface area contributed by atoms with E-state index < -0.39 is 12.1 Å². The summed E-state index contributed by atoms with van der Waals surface area (Å²) < 4.78 is 13.8. The number of carboxylic acid groups (broad SMARTS) is 1. The maximum atomic E-state index is 14.1. The molecule has 51 heavy (non-hydrogen) atoms. The minimum Gasteiger partial charge on any atom is -0.489 e. The fourth-order valence-electron chi connectivity index (χ4n) is 6.00. The molecule has 2 N–H and O–H groups in total. The number of benzene rings is 4. The summed E-state index contributed by atoms with van der Waals surface area (Å²) >= 11 is 0. The van der Waals surface area contributed by atoms with Crippen LogP contribution in [0.25, 0.3) is 10.9 Å². The molecule has 0 bridgehead atoms. The van der Waals surface area contributed by atoms with Crippen LogP contribution in [0.4, 0.5) is 10.5 Å². The Kier molecular flexibility index (Phi) is 12.6. The molecule has 9 heteroatoms. The number of ether oxygens (including phenoxy) is 2. The van der Waals surface area contributed by atoms with Gasteiger partial charge in [-0.3, -0.25) is 14.7 Å². The zero-order valence-electron chi connectivity index (χ0n) is 29.9. The first-order valence-electron chi connectivity index (χ1n) is 17.8. The maximum absolute atomic E-state index is 14.1. The summed E-state index contributed by atoms with van der Waals surface area (Å²) in [5, 5.41) is 12.4. The molecule has 266 valence electrons. The summed E-state index contributed by atoms with van der Waals surface area (Å²) in [6.45, 7) is 8.91. The summed E-state index contributed by atoms with van der Waals surface area (Å²) in [7, 11) is 0. The van der Waals surface area contributed by atoms with E-state index in [1.165, 1.54) is 0 Å². The third kappa shape index (κ3) is 9.84. The number of hydrogen-bond donors (Lipinski definition) is 2. The van der Waals surface area contributed by atoms with Gasteiger partial charge in [0.2, 0.25) is 0 Å². The number of anilines is 1. The van der Waals surface area contributed by atoms with Crippen molar-refractivity contribution in [3.63, 3.8) is 0 Å². The molecule has 0 radical (unpaired) electrons. The van der Waals surface area contributed by atoms with Gasteiger partial charge < -0.3 is 14.6 Å². The zero-order chi connectivity index (χ0) is 36.3. The molecule has 1 aromatic heterocycles. The normalized spacial score (nSPS) is 11.8. The lowest BCUT2D eigenvalue weighted by atomic mass is 9.99. The van der Waals surface area contributed by atoms with Gasteiger partial charge in [0.1, 0.15) is 24.3 Å². The number of rotatable bonds is 16. The van der Waals surface area contributed by atoms with Gasteiger partial charge in [-0.2, -0.15) is 0 Å². The van der Waals surface area contributed by atoms with Crippen LogP contribution in [0.1, 0.15) is 85.4 Å². The predicted molar refractivity (Wildman–Crippen MR) is 201 cm³/mol. The first kappa shape index (κ1) is 36.8. The predicted octanol–water partition coefficient (Wildman–Crippen LogP) is 8.83. The molecule has 1 heterocycles. The van der Waals surface area contributed by atoms with Crippen molar-refractivity contribution in [2.75, 3.05) is 5.32 Å². The average Bonchev–Trinajstić information content (AvgIpc) is 3.12. The van der Waals surface area contributed by atoms with E-state index in [0.717, 1.165) is 59.5 Å². The molecule has 1 amide bonds. The topological polar surface area (TPSA) is 120 Å². The van der Waals surface area contributed by atoms with Gasteiger partial charge in [0.05, 0.1) is 23.0 Å². The van der Waals surface area contributed by atoms with E-state index in [1.807, 2.05) is 56.3 Å². The lowest BCUT2D eigenvalue weighted by Gasteiger charge is -2.22. The molecule has 0 aliphatic heterocycles. The highest BCUT2D eigenvalue weighted by Crippen LogP contribution is 2.25. The van der Waals surface area contributed by atoms with E-state index in [0.29, 0.717) is 42.6 Å². The molecule has 0 saturated carbocycles. The molecule has 5 rings (SSSR count). The van der Waals surface area contributed by atoms with E-state index in [-0.39, 0.29) is 23.1 Å². The average molecular weight is 690 g/mol. The van der Waals surface area contributed by atoms with E-state index >= 15 is 0 Å². The van der Waals surface area contributed by atoms with Crippen molar-refractivity contribution in [1.82, 2.24) is 9.55 Å². The second kappa shape index (κ2) is 17.5. The van der Waals surface area contributed by atoms with Crippen LogP contribution in [0, 0.1) is 5.92 Å². The molecular formula is C42H47N3O6. The van der Waals surface area contributed by atoms with Crippen LogP contribution < -0.4 is 15.6 Å². The van der Waals surface area contributed by atoms with Crippen molar-refractivity contribution in [1.29, 1.82) is 0 Å². The minimum absolute atomic E-state index is 0.113. The van der Waals surface area contributed by atoms with Crippen molar-refractivity contribution in [3.8, 4) is 5.75 Å². The molecular weight excluding hydrogens is 642 g/mol. The van der Waals surface area contributed by atoms with Gasteiger partial charge in [0.15, 0.2) is 0 Å². The van der Waals surface area contributed by atoms with Gasteiger partial charge in [0.25, 0.3) is 5.56 Å². The number of aryl methyl sites for hydroxylation is 2. The SMILES string of the molecule is CCCCc1nc2ccc(NC(=O)OC(Cc3ccccc3)C(C)C)cc2c(=O)n1Cc1ccc(OCc2ccc(C(=O)O)cc2)c(CCC)c1. The number of nitrogens with one attached hydrogen (secondary N) is 1. The number of carboxylic acids is 1. The largest absolute Gasteiger partial charge is 0.489 e.